The number of nitrogens with two attached hydrogens (primary N) is 1. The van der Waals surface area contributed by atoms with Crippen LogP contribution in [0.25, 0.3) is 10.8 Å². The van der Waals surface area contributed by atoms with Crippen LogP contribution in [0.3, 0.4) is 0 Å². The summed E-state index contributed by atoms with van der Waals surface area (Å²) in [6, 6.07) is 19.9. The molecule has 0 spiro atoms. The molecular weight excluding hydrogens is 454 g/mol. The monoisotopic (exact) mass is 487 g/mol. The van der Waals surface area contributed by atoms with Gasteiger partial charge in [-0.3, -0.25) is 14.4 Å². The molecule has 0 aliphatic heterocycles. The van der Waals surface area contributed by atoms with Crippen LogP contribution in [0.15, 0.2) is 66.7 Å². The zero-order chi connectivity index (χ0) is 25.5. The van der Waals surface area contributed by atoms with Crippen LogP contribution in [0.1, 0.15) is 36.8 Å². The summed E-state index contributed by atoms with van der Waals surface area (Å²) in [5.74, 6) is -0.968. The molecule has 0 radical (unpaired) electrons. The smallest absolute Gasteiger partial charge is 0.307 e. The predicted molar refractivity (Wildman–Crippen MR) is 140 cm³/mol. The van der Waals surface area contributed by atoms with Crippen molar-refractivity contribution >= 4 is 34.2 Å². The number of carboxylic acids is 1. The maximum absolute atomic E-state index is 13.4. The molecule has 0 saturated heterocycles. The van der Waals surface area contributed by atoms with Gasteiger partial charge in [-0.05, 0) is 72.2 Å². The largest absolute Gasteiger partial charge is 0.481 e. The molecule has 2 amide bonds. The average Bonchev–Trinajstić information content (AvgIpc) is 2.89. The molecule has 3 aromatic rings. The number of rotatable bonds is 9. The lowest BCUT2D eigenvalue weighted by atomic mass is 9.81. The lowest BCUT2D eigenvalue weighted by Gasteiger charge is -2.28. The number of carboxylic acid groups (broad SMARTS) is 1. The van der Waals surface area contributed by atoms with Gasteiger partial charge < -0.3 is 21.5 Å². The maximum atomic E-state index is 13.4. The highest BCUT2D eigenvalue weighted by molar-refractivity contribution is 5.98. The van der Waals surface area contributed by atoms with Crippen molar-refractivity contribution in [1.82, 2.24) is 5.32 Å². The number of hydrogen-bond acceptors (Lipinski definition) is 4. The fourth-order valence-electron chi connectivity index (χ4n) is 4.96. The molecule has 7 nitrogen and oxygen atoms in total. The molecule has 1 fully saturated rings. The van der Waals surface area contributed by atoms with Gasteiger partial charge in [0.15, 0.2) is 0 Å². The highest BCUT2D eigenvalue weighted by Gasteiger charge is 2.29. The van der Waals surface area contributed by atoms with Crippen LogP contribution in [0, 0.1) is 11.8 Å². The molecule has 188 valence electrons. The summed E-state index contributed by atoms with van der Waals surface area (Å²) in [6.45, 7) is 0.645. The van der Waals surface area contributed by atoms with E-state index in [1.807, 2.05) is 42.5 Å². The average molecular weight is 488 g/mol. The second-order valence-corrected chi connectivity index (χ2v) is 9.61. The van der Waals surface area contributed by atoms with Gasteiger partial charge in [-0.15, -0.1) is 0 Å². The Hall–Kier alpha value is -3.71. The van der Waals surface area contributed by atoms with Crippen LogP contribution < -0.4 is 16.4 Å². The van der Waals surface area contributed by atoms with Gasteiger partial charge in [0.2, 0.25) is 11.8 Å². The van der Waals surface area contributed by atoms with E-state index in [9.17, 15) is 14.4 Å². The summed E-state index contributed by atoms with van der Waals surface area (Å²) in [5, 5.41) is 17.0. The van der Waals surface area contributed by atoms with Gasteiger partial charge in [-0.25, -0.2) is 0 Å². The molecule has 0 bridgehead atoms. The van der Waals surface area contributed by atoms with E-state index in [0.29, 0.717) is 30.1 Å². The number of anilines is 1. The molecule has 7 heteroatoms. The highest BCUT2D eigenvalue weighted by atomic mass is 16.4. The summed E-state index contributed by atoms with van der Waals surface area (Å²) in [4.78, 5) is 37.5. The van der Waals surface area contributed by atoms with Gasteiger partial charge in [0.25, 0.3) is 0 Å². The summed E-state index contributed by atoms with van der Waals surface area (Å²) in [6.07, 6.45) is 3.69. The van der Waals surface area contributed by atoms with Crippen LogP contribution in [-0.2, 0) is 27.2 Å². The van der Waals surface area contributed by atoms with Crippen LogP contribution in [0.4, 0.5) is 5.69 Å². The van der Waals surface area contributed by atoms with Gasteiger partial charge in [0, 0.05) is 18.0 Å². The topological polar surface area (TPSA) is 122 Å². The number of fused-ring (bicyclic) bond motifs is 1. The van der Waals surface area contributed by atoms with Crippen LogP contribution in [0.5, 0.6) is 0 Å². The van der Waals surface area contributed by atoms with E-state index in [0.717, 1.165) is 42.0 Å². The lowest BCUT2D eigenvalue weighted by molar-refractivity contribution is -0.136. The lowest BCUT2D eigenvalue weighted by Crippen LogP contribution is -2.48. The first-order chi connectivity index (χ1) is 17.4. The minimum atomic E-state index is -0.912. The van der Waals surface area contributed by atoms with Gasteiger partial charge >= 0.3 is 5.97 Å². The number of benzene rings is 3. The van der Waals surface area contributed by atoms with E-state index in [4.69, 9.17) is 10.8 Å². The Bertz CT molecular complexity index is 1210. The number of aliphatic carboxylic acids is 1. The Morgan fingerprint density at radius 2 is 1.61 bits per heavy atom. The van der Waals surface area contributed by atoms with Crippen molar-refractivity contribution in [2.75, 3.05) is 11.9 Å². The Kier molecular flexibility index (Phi) is 8.33. The van der Waals surface area contributed by atoms with Crippen molar-refractivity contribution in [1.29, 1.82) is 0 Å². The molecule has 1 aliphatic carbocycles. The predicted octanol–water partition coefficient (Wildman–Crippen LogP) is 3.90. The molecule has 1 atom stereocenters. The van der Waals surface area contributed by atoms with Crippen LogP contribution >= 0.6 is 0 Å². The van der Waals surface area contributed by atoms with Gasteiger partial charge in [0.1, 0.15) is 6.04 Å². The second kappa shape index (κ2) is 11.8. The fourth-order valence-corrected chi connectivity index (χ4v) is 4.96. The molecule has 3 aromatic carbocycles. The van der Waals surface area contributed by atoms with Crippen molar-refractivity contribution < 1.29 is 19.5 Å². The van der Waals surface area contributed by atoms with Gasteiger partial charge in [-0.1, -0.05) is 54.6 Å². The molecule has 0 unspecified atom stereocenters. The van der Waals surface area contributed by atoms with Crippen LogP contribution in [0.2, 0.25) is 0 Å². The zero-order valence-corrected chi connectivity index (χ0v) is 20.3. The number of nitrogens with one attached hydrogen (secondary N) is 2. The summed E-state index contributed by atoms with van der Waals surface area (Å²) < 4.78 is 0. The summed E-state index contributed by atoms with van der Waals surface area (Å²) in [7, 11) is 0. The minimum Gasteiger partial charge on any atom is -0.481 e. The number of carbonyl (C=O) groups is 3. The third-order valence-corrected chi connectivity index (χ3v) is 7.06. The molecule has 1 saturated carbocycles. The number of amides is 2. The van der Waals surface area contributed by atoms with E-state index >= 15 is 0 Å². The van der Waals surface area contributed by atoms with Crippen LogP contribution in [-0.4, -0.2) is 35.5 Å². The zero-order valence-electron chi connectivity index (χ0n) is 20.3. The third kappa shape index (κ3) is 6.49. The first kappa shape index (κ1) is 25.4. The van der Waals surface area contributed by atoms with E-state index in [1.165, 1.54) is 0 Å². The Morgan fingerprint density at radius 1 is 0.917 bits per heavy atom. The van der Waals surface area contributed by atoms with Crippen molar-refractivity contribution in [3.63, 3.8) is 0 Å². The first-order valence-corrected chi connectivity index (χ1v) is 12.5. The van der Waals surface area contributed by atoms with E-state index in [2.05, 4.69) is 10.6 Å². The normalized spacial score (nSPS) is 18.4. The highest BCUT2D eigenvalue weighted by Crippen LogP contribution is 2.28. The van der Waals surface area contributed by atoms with E-state index in [-0.39, 0.29) is 24.2 Å². The SMILES string of the molecule is NCC1CCC(C(=O)N[C@@H](Cc2cccc3ccccc23)C(=O)Nc2ccc(CC(=O)O)cc2)CC1. The molecule has 5 N–H and O–H groups in total. The standard InChI is InChI=1S/C29H33N3O4/c30-18-20-8-12-22(13-9-20)28(35)32-26(17-23-6-3-5-21-4-1-2-7-25(21)23)29(36)31-24-14-10-19(11-15-24)16-27(33)34/h1-7,10-11,14-15,20,22,26H,8-9,12-13,16-18,30H2,(H,31,36)(H,32,35)(H,33,34)/t20?,22?,26-/m0/s1. The van der Waals surface area contributed by atoms with Gasteiger partial charge in [0.05, 0.1) is 6.42 Å². The molecule has 1 aliphatic rings. The molecule has 0 aromatic heterocycles. The Labute approximate surface area is 211 Å². The molecule has 4 rings (SSSR count). The maximum Gasteiger partial charge on any atom is 0.307 e. The second-order valence-electron chi connectivity index (χ2n) is 9.61. The third-order valence-electron chi connectivity index (χ3n) is 7.06. The number of carbonyl (C=O) groups excluding carboxylic acids is 2. The summed E-state index contributed by atoms with van der Waals surface area (Å²) >= 11 is 0. The van der Waals surface area contributed by atoms with Crippen molar-refractivity contribution in [2.24, 2.45) is 17.6 Å². The fraction of sp³-hybridized carbons (Fsp3) is 0.345. The minimum absolute atomic E-state index is 0.0829. The van der Waals surface area contributed by atoms with E-state index < -0.39 is 12.0 Å². The molecule has 0 heterocycles. The van der Waals surface area contributed by atoms with Crippen molar-refractivity contribution in [3.8, 4) is 0 Å². The van der Waals surface area contributed by atoms with Crippen molar-refractivity contribution in [3.05, 3.63) is 77.9 Å². The van der Waals surface area contributed by atoms with E-state index in [1.54, 1.807) is 24.3 Å². The molecule has 36 heavy (non-hydrogen) atoms. The molecular formula is C29H33N3O4. The quantitative estimate of drug-likeness (QED) is 0.365. The Morgan fingerprint density at radius 3 is 2.31 bits per heavy atom. The first-order valence-electron chi connectivity index (χ1n) is 12.5. The summed E-state index contributed by atoms with van der Waals surface area (Å²) in [5.41, 5.74) is 7.98. The Balaban J connectivity index is 1.52. The van der Waals surface area contributed by atoms with Crippen molar-refractivity contribution in [2.45, 2.75) is 44.6 Å². The van der Waals surface area contributed by atoms with Gasteiger partial charge in [-0.2, -0.15) is 0 Å². The number of hydrogen-bond donors (Lipinski definition) is 4.